The fraction of sp³-hybridized carbons (Fsp3) is 0.368. The molecule has 8 heteroatoms. The molecule has 1 aliphatic heterocycles. The van der Waals surface area contributed by atoms with Crippen LogP contribution >= 0.6 is 11.3 Å². The number of aromatic nitrogens is 3. The van der Waals surface area contributed by atoms with Gasteiger partial charge in [0.25, 0.3) is 0 Å². The van der Waals surface area contributed by atoms with Gasteiger partial charge in [-0.05, 0) is 18.6 Å². The molecule has 0 bridgehead atoms. The molecule has 0 unspecified atom stereocenters. The number of thiazole rings is 1. The largest absolute Gasteiger partial charge is 0.389 e. The van der Waals surface area contributed by atoms with Gasteiger partial charge in [0.1, 0.15) is 5.82 Å². The first-order chi connectivity index (χ1) is 13.2. The molecule has 1 amide bonds. The SMILES string of the molecule is O=C(CCc1nc2ccccc2s1)N[C@@H]1CCN(c2cnccn2)C[C@H]1O. The first-order valence-electron chi connectivity index (χ1n) is 9.02. The summed E-state index contributed by atoms with van der Waals surface area (Å²) in [7, 11) is 0. The highest BCUT2D eigenvalue weighted by atomic mass is 32.1. The molecular weight excluding hydrogens is 362 g/mol. The predicted octanol–water partition coefficient (Wildman–Crippen LogP) is 1.77. The van der Waals surface area contributed by atoms with Crippen molar-refractivity contribution in [3.63, 3.8) is 0 Å². The van der Waals surface area contributed by atoms with Crippen LogP contribution in [0.2, 0.25) is 0 Å². The number of carbonyl (C=O) groups is 1. The zero-order valence-electron chi connectivity index (χ0n) is 14.8. The molecule has 0 radical (unpaired) electrons. The number of nitrogens with zero attached hydrogens (tertiary/aromatic N) is 4. The number of anilines is 1. The van der Waals surface area contributed by atoms with E-state index in [0.29, 0.717) is 25.8 Å². The molecule has 1 aromatic carbocycles. The van der Waals surface area contributed by atoms with Crippen LogP contribution in [0.15, 0.2) is 42.9 Å². The van der Waals surface area contributed by atoms with E-state index in [-0.39, 0.29) is 11.9 Å². The van der Waals surface area contributed by atoms with Crippen molar-refractivity contribution < 1.29 is 9.90 Å². The van der Waals surface area contributed by atoms with E-state index in [2.05, 4.69) is 20.3 Å². The summed E-state index contributed by atoms with van der Waals surface area (Å²) in [6.07, 6.45) is 5.97. The molecular formula is C19H21N5O2S. The maximum Gasteiger partial charge on any atom is 0.220 e. The van der Waals surface area contributed by atoms with Crippen LogP contribution in [0.25, 0.3) is 10.2 Å². The van der Waals surface area contributed by atoms with Crippen LogP contribution < -0.4 is 10.2 Å². The standard InChI is InChI=1S/C19H21N5O2S/c25-15-12-24(17-11-20-8-9-21-17)10-7-13(15)22-18(26)5-6-19-23-14-3-1-2-4-16(14)27-19/h1-4,8-9,11,13,15,25H,5-7,10,12H2,(H,22,26)/t13-,15-/m1/s1. The van der Waals surface area contributed by atoms with Crippen LogP contribution in [0, 0.1) is 0 Å². The first-order valence-corrected chi connectivity index (χ1v) is 9.83. The summed E-state index contributed by atoms with van der Waals surface area (Å²) in [5, 5.41) is 14.3. The van der Waals surface area contributed by atoms with E-state index >= 15 is 0 Å². The van der Waals surface area contributed by atoms with Crippen molar-refractivity contribution >= 4 is 33.3 Å². The molecule has 27 heavy (non-hydrogen) atoms. The van der Waals surface area contributed by atoms with Crippen LogP contribution in [0.4, 0.5) is 5.82 Å². The van der Waals surface area contributed by atoms with Crippen LogP contribution in [0.3, 0.4) is 0 Å². The molecule has 2 aromatic heterocycles. The lowest BCUT2D eigenvalue weighted by Gasteiger charge is -2.36. The van der Waals surface area contributed by atoms with Gasteiger partial charge in [-0.2, -0.15) is 0 Å². The van der Waals surface area contributed by atoms with Gasteiger partial charge in [0.2, 0.25) is 5.91 Å². The van der Waals surface area contributed by atoms with E-state index in [1.807, 2.05) is 29.2 Å². The number of nitrogens with one attached hydrogen (secondary N) is 1. The van der Waals surface area contributed by atoms with E-state index in [1.165, 1.54) is 0 Å². The Hall–Kier alpha value is -2.58. The Kier molecular flexibility index (Phi) is 5.26. The number of hydrogen-bond donors (Lipinski definition) is 2. The Morgan fingerprint density at radius 1 is 1.33 bits per heavy atom. The number of β-amino-alcohol motifs (C(OH)–C–C–N with tert-alkyl or cyclic N) is 1. The van der Waals surface area contributed by atoms with E-state index < -0.39 is 6.10 Å². The maximum absolute atomic E-state index is 12.3. The summed E-state index contributed by atoms with van der Waals surface area (Å²) in [5.74, 6) is 0.698. The highest BCUT2D eigenvalue weighted by Gasteiger charge is 2.29. The molecule has 3 aromatic rings. The monoisotopic (exact) mass is 383 g/mol. The highest BCUT2D eigenvalue weighted by Crippen LogP contribution is 2.22. The van der Waals surface area contributed by atoms with Gasteiger partial charge in [-0.15, -0.1) is 11.3 Å². The molecule has 7 nitrogen and oxygen atoms in total. The van der Waals surface area contributed by atoms with Crippen molar-refractivity contribution in [3.8, 4) is 0 Å². The fourth-order valence-electron chi connectivity index (χ4n) is 3.29. The molecule has 2 atom stereocenters. The number of benzene rings is 1. The summed E-state index contributed by atoms with van der Waals surface area (Å²) >= 11 is 1.62. The van der Waals surface area contributed by atoms with Gasteiger partial charge in [-0.3, -0.25) is 9.78 Å². The minimum Gasteiger partial charge on any atom is -0.389 e. The molecule has 2 N–H and O–H groups in total. The lowest BCUT2D eigenvalue weighted by atomic mass is 10.0. The van der Waals surface area contributed by atoms with Gasteiger partial charge in [-0.1, -0.05) is 12.1 Å². The zero-order chi connectivity index (χ0) is 18.6. The average Bonchev–Trinajstić information content (AvgIpc) is 3.12. The van der Waals surface area contributed by atoms with E-state index in [0.717, 1.165) is 27.6 Å². The molecule has 0 aliphatic carbocycles. The molecule has 0 spiro atoms. The number of fused-ring (bicyclic) bond motifs is 1. The number of para-hydroxylation sites is 1. The van der Waals surface area contributed by atoms with Gasteiger partial charge in [0, 0.05) is 38.3 Å². The van der Waals surface area contributed by atoms with E-state index in [1.54, 1.807) is 29.9 Å². The second kappa shape index (κ2) is 7.98. The number of aliphatic hydroxyl groups is 1. The number of aliphatic hydroxyl groups excluding tert-OH is 1. The van der Waals surface area contributed by atoms with Crippen molar-refractivity contribution in [2.45, 2.75) is 31.4 Å². The lowest BCUT2D eigenvalue weighted by molar-refractivity contribution is -0.122. The quantitative estimate of drug-likeness (QED) is 0.698. The number of hydrogen-bond acceptors (Lipinski definition) is 7. The second-order valence-corrected chi connectivity index (χ2v) is 7.73. The maximum atomic E-state index is 12.3. The molecule has 1 saturated heterocycles. The summed E-state index contributed by atoms with van der Waals surface area (Å²) in [4.78, 5) is 27.2. The van der Waals surface area contributed by atoms with Crippen molar-refractivity contribution in [2.24, 2.45) is 0 Å². The van der Waals surface area contributed by atoms with Gasteiger partial charge in [0.15, 0.2) is 0 Å². The van der Waals surface area contributed by atoms with Gasteiger partial charge in [0.05, 0.1) is 33.6 Å². The third-order valence-corrected chi connectivity index (χ3v) is 5.80. The van der Waals surface area contributed by atoms with E-state index in [4.69, 9.17) is 0 Å². The van der Waals surface area contributed by atoms with Crippen molar-refractivity contribution in [2.75, 3.05) is 18.0 Å². The minimum atomic E-state index is -0.632. The number of aryl methyl sites for hydroxylation is 1. The van der Waals surface area contributed by atoms with Crippen LogP contribution in [-0.4, -0.2) is 51.2 Å². The molecule has 1 fully saturated rings. The molecule has 140 valence electrons. The average molecular weight is 383 g/mol. The van der Waals surface area contributed by atoms with Crippen molar-refractivity contribution in [1.82, 2.24) is 20.3 Å². The Balaban J connectivity index is 1.28. The molecule has 1 aliphatic rings. The second-order valence-electron chi connectivity index (χ2n) is 6.61. The third kappa shape index (κ3) is 4.23. The lowest BCUT2D eigenvalue weighted by Crippen LogP contribution is -2.54. The molecule has 0 saturated carbocycles. The summed E-state index contributed by atoms with van der Waals surface area (Å²) in [5.41, 5.74) is 0.977. The topological polar surface area (TPSA) is 91.2 Å². The Morgan fingerprint density at radius 3 is 3.00 bits per heavy atom. The minimum absolute atomic E-state index is 0.0498. The predicted molar refractivity (Wildman–Crippen MR) is 105 cm³/mol. The fourth-order valence-corrected chi connectivity index (χ4v) is 4.26. The molecule has 4 rings (SSSR count). The normalized spacial score (nSPS) is 20.0. The Bertz CT molecular complexity index is 884. The van der Waals surface area contributed by atoms with Crippen molar-refractivity contribution in [3.05, 3.63) is 47.9 Å². The summed E-state index contributed by atoms with van der Waals surface area (Å²) in [6.45, 7) is 1.15. The number of rotatable bonds is 5. The zero-order valence-corrected chi connectivity index (χ0v) is 15.6. The van der Waals surface area contributed by atoms with Gasteiger partial charge < -0.3 is 15.3 Å². The Morgan fingerprint density at radius 2 is 2.22 bits per heavy atom. The van der Waals surface area contributed by atoms with E-state index in [9.17, 15) is 9.90 Å². The smallest absolute Gasteiger partial charge is 0.220 e. The van der Waals surface area contributed by atoms with Crippen LogP contribution in [0.1, 0.15) is 17.8 Å². The van der Waals surface area contributed by atoms with Crippen LogP contribution in [0.5, 0.6) is 0 Å². The van der Waals surface area contributed by atoms with Crippen LogP contribution in [-0.2, 0) is 11.2 Å². The van der Waals surface area contributed by atoms with Gasteiger partial charge in [-0.25, -0.2) is 9.97 Å². The van der Waals surface area contributed by atoms with Crippen molar-refractivity contribution in [1.29, 1.82) is 0 Å². The first kappa shape index (κ1) is 17.8. The summed E-state index contributed by atoms with van der Waals surface area (Å²) < 4.78 is 1.14. The number of piperidine rings is 1. The highest BCUT2D eigenvalue weighted by molar-refractivity contribution is 7.18. The van der Waals surface area contributed by atoms with Gasteiger partial charge >= 0.3 is 0 Å². The number of amides is 1. The molecule has 3 heterocycles. The number of carbonyl (C=O) groups excluding carboxylic acids is 1. The summed E-state index contributed by atoms with van der Waals surface area (Å²) in [6, 6.07) is 7.74. The third-order valence-electron chi connectivity index (χ3n) is 4.71. The Labute approximate surface area is 161 Å².